The summed E-state index contributed by atoms with van der Waals surface area (Å²) in [5, 5.41) is 0. The summed E-state index contributed by atoms with van der Waals surface area (Å²) in [5.41, 5.74) is 5.78. The number of ether oxygens (including phenoxy) is 1. The molecule has 1 aromatic rings. The smallest absolute Gasteiger partial charge is 0.421 e. The Labute approximate surface area is 226 Å². The molecule has 2 heterocycles. The number of carbonyl (C=O) groups is 3. The summed E-state index contributed by atoms with van der Waals surface area (Å²) in [6.07, 6.45) is 2.10. The number of imide groups is 1. The van der Waals surface area contributed by atoms with Crippen molar-refractivity contribution in [1.29, 1.82) is 0 Å². The van der Waals surface area contributed by atoms with Gasteiger partial charge in [-0.25, -0.2) is 22.8 Å². The summed E-state index contributed by atoms with van der Waals surface area (Å²) in [7, 11) is -3.93. The molecule has 0 saturated carbocycles. The Morgan fingerprint density at radius 3 is 2.24 bits per heavy atom. The average molecular weight is 552 g/mol. The zero-order valence-corrected chi connectivity index (χ0v) is 24.1. The standard InChI is InChI=1S/C27H42N4O6S/c1-20-10-9-17-31(20,25(28)33)24(32)21(2)30(38(35,36)19-23-11-7-6-8-12-23)18-22-13-15-29(16-14-22)26(34)37-27(3,4)5/h6-8,11-12,20-22H,9-10,13-19H2,1-5H3,(H-,28,33)/p+1/t20-,21-,31?/m1/s1. The van der Waals surface area contributed by atoms with Gasteiger partial charge in [0.1, 0.15) is 17.7 Å². The van der Waals surface area contributed by atoms with Crippen molar-refractivity contribution < 1.29 is 32.0 Å². The molecular formula is C27H43N4O6S+. The third-order valence-electron chi connectivity index (χ3n) is 7.71. The number of hydrogen-bond acceptors (Lipinski definition) is 6. The minimum atomic E-state index is -3.93. The van der Waals surface area contributed by atoms with Gasteiger partial charge in [-0.2, -0.15) is 8.79 Å². The van der Waals surface area contributed by atoms with Crippen molar-refractivity contribution in [3.05, 3.63) is 35.9 Å². The van der Waals surface area contributed by atoms with E-state index in [9.17, 15) is 22.8 Å². The summed E-state index contributed by atoms with van der Waals surface area (Å²) in [4.78, 5) is 40.6. The second-order valence-corrected chi connectivity index (χ2v) is 13.6. The number of nitrogens with two attached hydrogens (primary N) is 1. The maximum Gasteiger partial charge on any atom is 0.421 e. The molecule has 0 radical (unpaired) electrons. The highest BCUT2D eigenvalue weighted by atomic mass is 32.2. The van der Waals surface area contributed by atoms with Gasteiger partial charge in [0.05, 0.1) is 12.3 Å². The normalized spacial score (nSPS) is 23.8. The van der Waals surface area contributed by atoms with Gasteiger partial charge in [0, 0.05) is 32.5 Å². The van der Waals surface area contributed by atoms with E-state index >= 15 is 0 Å². The number of nitrogens with zero attached hydrogens (tertiary/aromatic N) is 3. The van der Waals surface area contributed by atoms with Crippen LogP contribution >= 0.6 is 0 Å². The van der Waals surface area contributed by atoms with E-state index in [4.69, 9.17) is 10.5 Å². The van der Waals surface area contributed by atoms with Crippen LogP contribution in [0.15, 0.2) is 30.3 Å². The van der Waals surface area contributed by atoms with Crippen molar-refractivity contribution in [2.75, 3.05) is 26.2 Å². The van der Waals surface area contributed by atoms with Gasteiger partial charge in [-0.3, -0.25) is 0 Å². The summed E-state index contributed by atoms with van der Waals surface area (Å²) < 4.78 is 33.8. The van der Waals surface area contributed by atoms with Gasteiger partial charge in [0.25, 0.3) is 0 Å². The molecule has 1 aromatic carbocycles. The fourth-order valence-electron chi connectivity index (χ4n) is 5.56. The molecule has 11 heteroatoms. The maximum absolute atomic E-state index is 13.9. The van der Waals surface area contributed by atoms with Crippen LogP contribution in [-0.4, -0.2) is 84.0 Å². The zero-order chi connectivity index (χ0) is 28.3. The maximum atomic E-state index is 13.9. The minimum absolute atomic E-state index is 0.0625. The molecule has 2 saturated heterocycles. The predicted octanol–water partition coefficient (Wildman–Crippen LogP) is 3.46. The lowest BCUT2D eigenvalue weighted by molar-refractivity contribution is -0.784. The lowest BCUT2D eigenvalue weighted by Gasteiger charge is -2.39. The molecule has 2 N–H and O–H groups in total. The summed E-state index contributed by atoms with van der Waals surface area (Å²) >= 11 is 0. The van der Waals surface area contributed by atoms with Gasteiger partial charge < -0.3 is 15.4 Å². The monoisotopic (exact) mass is 551 g/mol. The van der Waals surface area contributed by atoms with Gasteiger partial charge in [-0.1, -0.05) is 30.3 Å². The van der Waals surface area contributed by atoms with Gasteiger partial charge in [-0.05, 0) is 58.9 Å². The van der Waals surface area contributed by atoms with E-state index in [1.807, 2.05) is 33.8 Å². The van der Waals surface area contributed by atoms with Crippen LogP contribution in [0.4, 0.5) is 9.59 Å². The molecule has 4 amide bonds. The molecule has 0 spiro atoms. The Morgan fingerprint density at radius 2 is 1.74 bits per heavy atom. The summed E-state index contributed by atoms with van der Waals surface area (Å²) in [6, 6.07) is 6.72. The zero-order valence-electron chi connectivity index (χ0n) is 23.3. The molecule has 2 fully saturated rings. The third-order valence-corrected chi connectivity index (χ3v) is 9.59. The Morgan fingerprint density at radius 1 is 1.13 bits per heavy atom. The number of hydrogen-bond donors (Lipinski definition) is 1. The lowest BCUT2D eigenvalue weighted by Crippen LogP contribution is -2.66. The largest absolute Gasteiger partial charge is 0.444 e. The van der Waals surface area contributed by atoms with Crippen LogP contribution in [0.25, 0.3) is 0 Å². The summed E-state index contributed by atoms with van der Waals surface area (Å²) in [6.45, 7) is 10.1. The second-order valence-electron chi connectivity index (χ2n) is 11.7. The van der Waals surface area contributed by atoms with Crippen molar-refractivity contribution in [2.24, 2.45) is 11.7 Å². The van der Waals surface area contributed by atoms with E-state index in [1.54, 1.807) is 36.1 Å². The molecule has 38 heavy (non-hydrogen) atoms. The quantitative estimate of drug-likeness (QED) is 0.517. The van der Waals surface area contributed by atoms with Crippen LogP contribution in [0, 0.1) is 5.92 Å². The topological polar surface area (TPSA) is 127 Å². The molecule has 0 aromatic heterocycles. The number of likely N-dealkylation sites (tertiary alicyclic amines) is 2. The van der Waals surface area contributed by atoms with Crippen molar-refractivity contribution in [1.82, 2.24) is 9.21 Å². The molecule has 3 atom stereocenters. The second kappa shape index (κ2) is 11.7. The highest BCUT2D eigenvalue weighted by molar-refractivity contribution is 7.88. The SMILES string of the molecule is C[C@H](C(=O)[N+]1(C(N)=O)CCC[C@H]1C)N(CC1CCN(C(=O)OC(C)(C)C)CC1)S(=O)(=O)Cc1ccccc1. The molecule has 2 aliphatic rings. The first-order valence-corrected chi connectivity index (χ1v) is 15.0. The van der Waals surface area contributed by atoms with Crippen molar-refractivity contribution >= 4 is 28.1 Å². The van der Waals surface area contributed by atoms with E-state index in [2.05, 4.69) is 0 Å². The van der Waals surface area contributed by atoms with Crippen LogP contribution in [0.2, 0.25) is 0 Å². The van der Waals surface area contributed by atoms with E-state index in [-0.39, 0.29) is 36.9 Å². The number of piperidine rings is 1. The first-order chi connectivity index (χ1) is 17.7. The fraction of sp³-hybridized carbons (Fsp3) is 0.667. The van der Waals surface area contributed by atoms with E-state index in [1.165, 1.54) is 4.31 Å². The molecule has 212 valence electrons. The number of carbonyl (C=O) groups excluding carboxylic acids is 3. The predicted molar refractivity (Wildman–Crippen MR) is 144 cm³/mol. The van der Waals surface area contributed by atoms with Crippen LogP contribution in [0.1, 0.15) is 65.9 Å². The van der Waals surface area contributed by atoms with Crippen LogP contribution in [0.5, 0.6) is 0 Å². The van der Waals surface area contributed by atoms with Crippen LogP contribution in [-0.2, 0) is 25.3 Å². The van der Waals surface area contributed by atoms with Crippen molar-refractivity contribution in [2.45, 2.75) is 83.7 Å². The van der Waals surface area contributed by atoms with Gasteiger partial charge in [0.15, 0.2) is 0 Å². The highest BCUT2D eigenvalue weighted by Crippen LogP contribution is 2.31. The first-order valence-electron chi connectivity index (χ1n) is 13.4. The third kappa shape index (κ3) is 6.73. The minimum Gasteiger partial charge on any atom is -0.444 e. The summed E-state index contributed by atoms with van der Waals surface area (Å²) in [5.74, 6) is -0.799. The number of urea groups is 1. The fourth-order valence-corrected chi connectivity index (χ4v) is 7.35. The van der Waals surface area contributed by atoms with Crippen molar-refractivity contribution in [3.63, 3.8) is 0 Å². The molecule has 0 aliphatic carbocycles. The van der Waals surface area contributed by atoms with Gasteiger partial charge in [-0.15, -0.1) is 0 Å². The van der Waals surface area contributed by atoms with Crippen molar-refractivity contribution in [3.8, 4) is 0 Å². The van der Waals surface area contributed by atoms with Crippen LogP contribution in [0.3, 0.4) is 0 Å². The van der Waals surface area contributed by atoms with E-state index < -0.39 is 38.1 Å². The highest BCUT2D eigenvalue weighted by Gasteiger charge is 2.55. The Hall–Kier alpha value is -2.50. The van der Waals surface area contributed by atoms with E-state index in [0.717, 1.165) is 0 Å². The number of primary amides is 1. The Kier molecular flexibility index (Phi) is 9.26. The van der Waals surface area contributed by atoms with Crippen LogP contribution < -0.4 is 5.73 Å². The van der Waals surface area contributed by atoms with Gasteiger partial charge in [0.2, 0.25) is 10.0 Å². The number of quaternary nitrogens is 1. The molecule has 1 unspecified atom stereocenters. The van der Waals surface area contributed by atoms with E-state index in [0.29, 0.717) is 44.3 Å². The number of rotatable bonds is 7. The lowest BCUT2D eigenvalue weighted by atomic mass is 9.96. The molecule has 0 bridgehead atoms. The molecule has 3 rings (SSSR count). The Bertz CT molecular complexity index is 1110. The molecular weight excluding hydrogens is 508 g/mol. The van der Waals surface area contributed by atoms with Gasteiger partial charge >= 0.3 is 18.0 Å². The number of amides is 4. The molecule has 10 nitrogen and oxygen atoms in total. The molecule has 2 aliphatic heterocycles. The number of benzene rings is 1. The average Bonchev–Trinajstić information content (AvgIpc) is 3.23. The Balaban J connectivity index is 1.83. The number of sulfonamides is 1. The first kappa shape index (κ1) is 30.0.